The number of hydrogen-bond acceptors (Lipinski definition) is 4. The first-order valence-electron chi connectivity index (χ1n) is 13.6. The average Bonchev–Trinajstić information content (AvgIpc) is 2.96. The number of methoxy groups -OCH3 is 1. The molecule has 0 fully saturated rings. The van der Waals surface area contributed by atoms with Crippen LogP contribution in [0.1, 0.15) is 75.5 Å². The zero-order chi connectivity index (χ0) is 26.6. The molecule has 0 bridgehead atoms. The summed E-state index contributed by atoms with van der Waals surface area (Å²) < 4.78 is 11.9. The molecule has 198 valence electrons. The van der Waals surface area contributed by atoms with Crippen molar-refractivity contribution in [2.45, 2.75) is 70.0 Å². The molecule has 0 radical (unpaired) electrons. The minimum absolute atomic E-state index is 0.145. The van der Waals surface area contributed by atoms with Gasteiger partial charge in [-0.15, -0.1) is 0 Å². The zero-order valence-corrected chi connectivity index (χ0v) is 22.6. The van der Waals surface area contributed by atoms with E-state index < -0.39 is 11.2 Å². The van der Waals surface area contributed by atoms with E-state index in [0.29, 0.717) is 19.3 Å². The van der Waals surface area contributed by atoms with Gasteiger partial charge in [0.2, 0.25) is 0 Å². The van der Waals surface area contributed by atoms with E-state index in [0.717, 1.165) is 42.4 Å². The molecule has 1 unspecified atom stereocenters. The summed E-state index contributed by atoms with van der Waals surface area (Å²) >= 11 is 0. The van der Waals surface area contributed by atoms with Crippen LogP contribution >= 0.6 is 0 Å². The molecule has 0 aromatic heterocycles. The standard InChI is InChI=1S/C33H42O4/c1-4-5-6-16-24-32(35,25-23-27(2)31(34)36-3)26-37-33(28-17-10-7-11-18-28,29-19-12-8-13-20-29)30-21-14-9-15-22-30/h7-15,17-22,27,35H,4-6,16,23-26H2,1-3H3/t27?,32-/m1/s1. The molecule has 37 heavy (non-hydrogen) atoms. The first kappa shape index (κ1) is 28.6. The van der Waals surface area contributed by atoms with Gasteiger partial charge in [-0.2, -0.15) is 0 Å². The molecule has 0 aliphatic heterocycles. The first-order valence-corrected chi connectivity index (χ1v) is 13.6. The molecular weight excluding hydrogens is 460 g/mol. The smallest absolute Gasteiger partial charge is 0.308 e. The van der Waals surface area contributed by atoms with Gasteiger partial charge < -0.3 is 14.6 Å². The summed E-state index contributed by atoms with van der Waals surface area (Å²) in [5, 5.41) is 11.9. The average molecular weight is 503 g/mol. The fraction of sp³-hybridized carbons (Fsp3) is 0.424. The lowest BCUT2D eigenvalue weighted by molar-refractivity contribution is -0.146. The second-order valence-electron chi connectivity index (χ2n) is 10.1. The third-order valence-corrected chi connectivity index (χ3v) is 7.24. The number of benzene rings is 3. The Kier molecular flexibility index (Phi) is 10.9. The van der Waals surface area contributed by atoms with Crippen molar-refractivity contribution >= 4 is 5.97 Å². The maximum atomic E-state index is 12.1. The maximum absolute atomic E-state index is 12.1. The van der Waals surface area contributed by atoms with Crippen LogP contribution in [0.5, 0.6) is 0 Å². The lowest BCUT2D eigenvalue weighted by Gasteiger charge is -2.39. The summed E-state index contributed by atoms with van der Waals surface area (Å²) in [5.74, 6) is -0.532. The number of carbonyl (C=O) groups excluding carboxylic acids is 1. The van der Waals surface area contributed by atoms with Crippen LogP contribution in [0.15, 0.2) is 91.0 Å². The summed E-state index contributed by atoms with van der Waals surface area (Å²) in [6.45, 7) is 4.18. The molecule has 3 rings (SSSR count). The van der Waals surface area contributed by atoms with E-state index in [1.807, 2.05) is 61.5 Å². The molecular formula is C33H42O4. The fourth-order valence-corrected chi connectivity index (χ4v) is 4.97. The minimum atomic E-state index is -1.07. The van der Waals surface area contributed by atoms with Crippen molar-refractivity contribution in [3.8, 4) is 0 Å². The van der Waals surface area contributed by atoms with Crippen molar-refractivity contribution in [1.29, 1.82) is 0 Å². The third kappa shape index (κ3) is 7.53. The lowest BCUT2D eigenvalue weighted by atomic mass is 9.79. The van der Waals surface area contributed by atoms with E-state index in [9.17, 15) is 9.90 Å². The Morgan fingerprint density at radius 1 is 0.784 bits per heavy atom. The number of ether oxygens (including phenoxy) is 2. The Labute approximate surface area is 222 Å². The van der Waals surface area contributed by atoms with Gasteiger partial charge in [-0.05, 0) is 36.0 Å². The first-order chi connectivity index (χ1) is 17.9. The van der Waals surface area contributed by atoms with Crippen LogP contribution in [0.25, 0.3) is 0 Å². The SMILES string of the molecule is CCCCCC[C@@](O)(CCC(C)C(=O)OC)COC(c1ccccc1)(c1ccccc1)c1ccccc1. The third-order valence-electron chi connectivity index (χ3n) is 7.24. The van der Waals surface area contributed by atoms with Crippen LogP contribution in [0.2, 0.25) is 0 Å². The van der Waals surface area contributed by atoms with Crippen molar-refractivity contribution in [3.63, 3.8) is 0 Å². The highest BCUT2D eigenvalue weighted by molar-refractivity contribution is 5.71. The molecule has 2 atom stereocenters. The lowest BCUT2D eigenvalue weighted by Crippen LogP contribution is -2.42. The number of hydrogen-bond donors (Lipinski definition) is 1. The largest absolute Gasteiger partial charge is 0.469 e. The summed E-state index contributed by atoms with van der Waals surface area (Å²) in [5.41, 5.74) is 1.05. The molecule has 0 spiro atoms. The highest BCUT2D eigenvalue weighted by Gasteiger charge is 2.40. The van der Waals surface area contributed by atoms with E-state index in [4.69, 9.17) is 9.47 Å². The van der Waals surface area contributed by atoms with E-state index in [1.165, 1.54) is 7.11 Å². The quantitative estimate of drug-likeness (QED) is 0.135. The Hall–Kier alpha value is -2.95. The van der Waals surface area contributed by atoms with Crippen LogP contribution < -0.4 is 0 Å². The number of rotatable bonds is 15. The Morgan fingerprint density at radius 2 is 1.27 bits per heavy atom. The van der Waals surface area contributed by atoms with Gasteiger partial charge in [0.05, 0.1) is 25.2 Å². The van der Waals surface area contributed by atoms with E-state index in [-0.39, 0.29) is 18.5 Å². The second kappa shape index (κ2) is 14.1. The molecule has 0 saturated heterocycles. The number of unbranched alkanes of at least 4 members (excludes halogenated alkanes) is 3. The predicted octanol–water partition coefficient (Wildman–Crippen LogP) is 7.29. The van der Waals surface area contributed by atoms with Crippen LogP contribution in [0.3, 0.4) is 0 Å². The second-order valence-corrected chi connectivity index (χ2v) is 10.1. The highest BCUT2D eigenvalue weighted by atomic mass is 16.5. The topological polar surface area (TPSA) is 55.8 Å². The van der Waals surface area contributed by atoms with Gasteiger partial charge in [0.15, 0.2) is 0 Å². The van der Waals surface area contributed by atoms with Gasteiger partial charge in [0.1, 0.15) is 5.60 Å². The molecule has 1 N–H and O–H groups in total. The molecule has 0 amide bonds. The highest BCUT2D eigenvalue weighted by Crippen LogP contribution is 2.41. The summed E-state index contributed by atoms with van der Waals surface area (Å²) in [6.07, 6.45) is 5.86. The normalized spacial score (nSPS) is 14.1. The van der Waals surface area contributed by atoms with E-state index in [2.05, 4.69) is 43.3 Å². The fourth-order valence-electron chi connectivity index (χ4n) is 4.97. The zero-order valence-electron chi connectivity index (χ0n) is 22.6. The van der Waals surface area contributed by atoms with Gasteiger partial charge in [0.25, 0.3) is 0 Å². The Morgan fingerprint density at radius 3 is 1.70 bits per heavy atom. The number of carbonyl (C=O) groups is 1. The van der Waals surface area contributed by atoms with Crippen molar-refractivity contribution in [3.05, 3.63) is 108 Å². The molecule has 0 saturated carbocycles. The van der Waals surface area contributed by atoms with Gasteiger partial charge in [-0.1, -0.05) is 131 Å². The van der Waals surface area contributed by atoms with E-state index in [1.54, 1.807) is 0 Å². The number of esters is 1. The van der Waals surface area contributed by atoms with Crippen LogP contribution in [-0.4, -0.2) is 30.4 Å². The van der Waals surface area contributed by atoms with Crippen molar-refractivity contribution in [2.24, 2.45) is 5.92 Å². The Balaban J connectivity index is 1.99. The Bertz CT molecular complexity index is 955. The molecule has 0 aliphatic rings. The van der Waals surface area contributed by atoms with Gasteiger partial charge in [-0.3, -0.25) is 4.79 Å². The van der Waals surface area contributed by atoms with Crippen molar-refractivity contribution in [2.75, 3.05) is 13.7 Å². The summed E-state index contributed by atoms with van der Waals surface area (Å²) in [6, 6.07) is 30.6. The number of aliphatic hydroxyl groups is 1. The van der Waals surface area contributed by atoms with Crippen LogP contribution in [-0.2, 0) is 19.9 Å². The molecule has 3 aromatic carbocycles. The minimum Gasteiger partial charge on any atom is -0.469 e. The molecule has 4 nitrogen and oxygen atoms in total. The maximum Gasteiger partial charge on any atom is 0.308 e. The molecule has 3 aromatic rings. The predicted molar refractivity (Wildman–Crippen MR) is 149 cm³/mol. The summed E-state index contributed by atoms with van der Waals surface area (Å²) in [7, 11) is 1.41. The summed E-state index contributed by atoms with van der Waals surface area (Å²) in [4.78, 5) is 12.1. The van der Waals surface area contributed by atoms with Gasteiger partial charge >= 0.3 is 5.97 Å². The van der Waals surface area contributed by atoms with Crippen molar-refractivity contribution in [1.82, 2.24) is 0 Å². The molecule has 0 heterocycles. The van der Waals surface area contributed by atoms with Gasteiger partial charge in [0, 0.05) is 0 Å². The van der Waals surface area contributed by atoms with Crippen LogP contribution in [0, 0.1) is 5.92 Å². The van der Waals surface area contributed by atoms with Gasteiger partial charge in [-0.25, -0.2) is 0 Å². The van der Waals surface area contributed by atoms with E-state index >= 15 is 0 Å². The van der Waals surface area contributed by atoms with Crippen LogP contribution in [0.4, 0.5) is 0 Å². The molecule has 0 aliphatic carbocycles. The molecule has 4 heteroatoms. The van der Waals surface area contributed by atoms with Crippen molar-refractivity contribution < 1.29 is 19.4 Å². The monoisotopic (exact) mass is 502 g/mol.